The molecule has 106 valence electrons. The standard InChI is InChI=1S/C16H24O3/c1-3-5-6-7-8-15(19-16(18)4-2)13-9-11-14(17)12-10-13/h9-12,15,17H,3-8H2,1-2H3. The second-order valence-electron chi connectivity index (χ2n) is 4.77. The van der Waals surface area contributed by atoms with Crippen molar-refractivity contribution in [3.05, 3.63) is 29.8 Å². The molecule has 1 N–H and O–H groups in total. The molecule has 0 radical (unpaired) electrons. The smallest absolute Gasteiger partial charge is 0.306 e. The number of unbranched alkanes of at least 4 members (excludes halogenated alkanes) is 3. The van der Waals surface area contributed by atoms with Gasteiger partial charge in [-0.25, -0.2) is 0 Å². The molecule has 0 saturated carbocycles. The Hall–Kier alpha value is -1.51. The third kappa shape index (κ3) is 5.77. The van der Waals surface area contributed by atoms with Gasteiger partial charge in [-0.05, 0) is 30.5 Å². The first-order chi connectivity index (χ1) is 9.17. The van der Waals surface area contributed by atoms with Gasteiger partial charge in [0.15, 0.2) is 0 Å². The molecule has 0 aliphatic rings. The summed E-state index contributed by atoms with van der Waals surface area (Å²) in [5.74, 6) is 0.0591. The highest BCUT2D eigenvalue weighted by atomic mass is 16.5. The van der Waals surface area contributed by atoms with Gasteiger partial charge in [0.2, 0.25) is 0 Å². The van der Waals surface area contributed by atoms with Crippen LogP contribution in [0.25, 0.3) is 0 Å². The molecule has 1 aromatic carbocycles. The SMILES string of the molecule is CCCCCCC(OC(=O)CC)c1ccc(O)cc1. The maximum Gasteiger partial charge on any atom is 0.306 e. The molecule has 1 aromatic rings. The van der Waals surface area contributed by atoms with Crippen LogP contribution in [-0.2, 0) is 9.53 Å². The minimum Gasteiger partial charge on any atom is -0.508 e. The first kappa shape index (κ1) is 15.5. The lowest BCUT2D eigenvalue weighted by Crippen LogP contribution is -2.10. The number of hydrogen-bond donors (Lipinski definition) is 1. The third-order valence-electron chi connectivity index (χ3n) is 3.15. The van der Waals surface area contributed by atoms with E-state index in [-0.39, 0.29) is 17.8 Å². The molecule has 1 atom stereocenters. The predicted molar refractivity (Wildman–Crippen MR) is 76.0 cm³/mol. The minimum atomic E-state index is -0.190. The Kier molecular flexibility index (Phi) is 7.01. The fourth-order valence-corrected chi connectivity index (χ4v) is 1.98. The van der Waals surface area contributed by atoms with Crippen molar-refractivity contribution in [1.29, 1.82) is 0 Å². The number of esters is 1. The normalized spacial score (nSPS) is 12.1. The van der Waals surface area contributed by atoms with Crippen molar-refractivity contribution >= 4 is 5.97 Å². The summed E-state index contributed by atoms with van der Waals surface area (Å²) in [4.78, 5) is 11.5. The Bertz CT molecular complexity index is 370. The second kappa shape index (κ2) is 8.57. The fourth-order valence-electron chi connectivity index (χ4n) is 1.98. The largest absolute Gasteiger partial charge is 0.508 e. The van der Waals surface area contributed by atoms with Crippen molar-refractivity contribution in [3.8, 4) is 5.75 Å². The van der Waals surface area contributed by atoms with E-state index < -0.39 is 0 Å². The average molecular weight is 264 g/mol. The molecule has 0 spiro atoms. The lowest BCUT2D eigenvalue weighted by molar-refractivity contribution is -0.149. The van der Waals surface area contributed by atoms with Gasteiger partial charge in [-0.2, -0.15) is 0 Å². The summed E-state index contributed by atoms with van der Waals surface area (Å²) in [5.41, 5.74) is 0.955. The van der Waals surface area contributed by atoms with Gasteiger partial charge in [0.05, 0.1) is 0 Å². The topological polar surface area (TPSA) is 46.5 Å². The summed E-state index contributed by atoms with van der Waals surface area (Å²) in [7, 11) is 0. The van der Waals surface area contributed by atoms with E-state index >= 15 is 0 Å². The lowest BCUT2D eigenvalue weighted by atomic mass is 10.0. The second-order valence-corrected chi connectivity index (χ2v) is 4.77. The zero-order valence-corrected chi connectivity index (χ0v) is 11.9. The van der Waals surface area contributed by atoms with Gasteiger partial charge in [-0.3, -0.25) is 4.79 Å². The van der Waals surface area contributed by atoms with Crippen LogP contribution in [0.1, 0.15) is 64.0 Å². The van der Waals surface area contributed by atoms with E-state index in [1.165, 1.54) is 12.8 Å². The van der Waals surface area contributed by atoms with Gasteiger partial charge in [-0.1, -0.05) is 45.2 Å². The van der Waals surface area contributed by atoms with Crippen LogP contribution in [0.2, 0.25) is 0 Å². The molecule has 3 nitrogen and oxygen atoms in total. The molecule has 19 heavy (non-hydrogen) atoms. The van der Waals surface area contributed by atoms with Crippen molar-refractivity contribution in [2.24, 2.45) is 0 Å². The van der Waals surface area contributed by atoms with E-state index in [9.17, 15) is 9.90 Å². The lowest BCUT2D eigenvalue weighted by Gasteiger charge is -2.18. The molecule has 0 aliphatic carbocycles. The maximum absolute atomic E-state index is 11.5. The average Bonchev–Trinajstić information content (AvgIpc) is 2.43. The van der Waals surface area contributed by atoms with Gasteiger partial charge < -0.3 is 9.84 Å². The summed E-state index contributed by atoms with van der Waals surface area (Å²) < 4.78 is 5.49. The first-order valence-electron chi connectivity index (χ1n) is 7.15. The van der Waals surface area contributed by atoms with Gasteiger partial charge in [0, 0.05) is 6.42 Å². The number of ether oxygens (including phenoxy) is 1. The molecule has 0 fully saturated rings. The Morgan fingerprint density at radius 1 is 1.16 bits per heavy atom. The van der Waals surface area contributed by atoms with Crippen LogP contribution < -0.4 is 0 Å². The number of carbonyl (C=O) groups is 1. The summed E-state index contributed by atoms with van der Waals surface area (Å²) in [5, 5.41) is 9.30. The summed E-state index contributed by atoms with van der Waals surface area (Å²) in [6.07, 6.45) is 5.67. The van der Waals surface area contributed by atoms with Crippen LogP contribution >= 0.6 is 0 Å². The maximum atomic E-state index is 11.5. The fraction of sp³-hybridized carbons (Fsp3) is 0.562. The molecule has 1 unspecified atom stereocenters. The van der Waals surface area contributed by atoms with Crippen molar-refractivity contribution < 1.29 is 14.6 Å². The van der Waals surface area contributed by atoms with E-state index in [4.69, 9.17) is 4.74 Å². The number of phenolic OH excluding ortho intramolecular Hbond substituents is 1. The molecule has 0 heterocycles. The Morgan fingerprint density at radius 3 is 2.42 bits per heavy atom. The highest BCUT2D eigenvalue weighted by molar-refractivity contribution is 5.69. The highest BCUT2D eigenvalue weighted by Gasteiger charge is 2.15. The van der Waals surface area contributed by atoms with Crippen LogP contribution in [0, 0.1) is 0 Å². The highest BCUT2D eigenvalue weighted by Crippen LogP contribution is 2.26. The Morgan fingerprint density at radius 2 is 1.84 bits per heavy atom. The number of aromatic hydroxyl groups is 1. The molecular formula is C16H24O3. The third-order valence-corrected chi connectivity index (χ3v) is 3.15. The van der Waals surface area contributed by atoms with Crippen molar-refractivity contribution in [1.82, 2.24) is 0 Å². The minimum absolute atomic E-state index is 0.173. The number of hydrogen-bond acceptors (Lipinski definition) is 3. The molecule has 0 saturated heterocycles. The zero-order chi connectivity index (χ0) is 14.1. The predicted octanol–water partition coefficient (Wildman–Crippen LogP) is 4.36. The van der Waals surface area contributed by atoms with E-state index in [0.29, 0.717) is 6.42 Å². The Labute approximate surface area is 115 Å². The van der Waals surface area contributed by atoms with Crippen LogP contribution in [0.3, 0.4) is 0 Å². The Balaban J connectivity index is 2.62. The molecular weight excluding hydrogens is 240 g/mol. The van der Waals surface area contributed by atoms with Crippen LogP contribution in [0.4, 0.5) is 0 Å². The number of carbonyl (C=O) groups excluding carboxylic acids is 1. The van der Waals surface area contributed by atoms with E-state index in [1.807, 2.05) is 12.1 Å². The molecule has 0 bridgehead atoms. The monoisotopic (exact) mass is 264 g/mol. The van der Waals surface area contributed by atoms with E-state index in [0.717, 1.165) is 24.8 Å². The van der Waals surface area contributed by atoms with Crippen LogP contribution in [0.15, 0.2) is 24.3 Å². The summed E-state index contributed by atoms with van der Waals surface area (Å²) in [6.45, 7) is 3.97. The first-order valence-corrected chi connectivity index (χ1v) is 7.15. The van der Waals surface area contributed by atoms with E-state index in [1.54, 1.807) is 19.1 Å². The summed E-state index contributed by atoms with van der Waals surface area (Å²) in [6, 6.07) is 6.91. The molecule has 3 heteroatoms. The van der Waals surface area contributed by atoms with Gasteiger partial charge in [0.25, 0.3) is 0 Å². The quantitative estimate of drug-likeness (QED) is 0.560. The zero-order valence-electron chi connectivity index (χ0n) is 11.9. The van der Waals surface area contributed by atoms with Gasteiger partial charge >= 0.3 is 5.97 Å². The molecule has 0 amide bonds. The summed E-state index contributed by atoms with van der Waals surface area (Å²) >= 11 is 0. The number of benzene rings is 1. The van der Waals surface area contributed by atoms with Crippen LogP contribution in [-0.4, -0.2) is 11.1 Å². The molecule has 0 aliphatic heterocycles. The van der Waals surface area contributed by atoms with Crippen molar-refractivity contribution in [2.75, 3.05) is 0 Å². The van der Waals surface area contributed by atoms with Crippen LogP contribution in [0.5, 0.6) is 5.75 Å². The number of phenols is 1. The van der Waals surface area contributed by atoms with Gasteiger partial charge in [0.1, 0.15) is 11.9 Å². The number of rotatable bonds is 8. The van der Waals surface area contributed by atoms with Crippen molar-refractivity contribution in [2.45, 2.75) is 58.5 Å². The van der Waals surface area contributed by atoms with Gasteiger partial charge in [-0.15, -0.1) is 0 Å². The molecule has 0 aromatic heterocycles. The molecule has 1 rings (SSSR count). The van der Waals surface area contributed by atoms with E-state index in [2.05, 4.69) is 6.92 Å². The van der Waals surface area contributed by atoms with Crippen molar-refractivity contribution in [3.63, 3.8) is 0 Å².